The molecule has 0 unspecified atom stereocenters. The van der Waals surface area contributed by atoms with Gasteiger partial charge in [-0.05, 0) is 0 Å². The van der Waals surface area contributed by atoms with E-state index in [1.54, 1.807) is 0 Å². The third-order valence-corrected chi connectivity index (χ3v) is 0. The molecule has 0 amide bonds. The lowest BCUT2D eigenvalue weighted by Crippen LogP contribution is -1.92. The maximum absolute atomic E-state index is 7.35. The second kappa shape index (κ2) is 21.1. The van der Waals surface area contributed by atoms with Gasteiger partial charge < -0.3 is 21.7 Å². The van der Waals surface area contributed by atoms with E-state index in [0.717, 1.165) is 0 Å². The average Bonchev–Trinajstić information content (AvgIpc) is 1.39. The lowest BCUT2D eigenvalue weighted by atomic mass is 11.4. The van der Waals surface area contributed by atoms with Crippen molar-refractivity contribution in [1.82, 2.24) is 0 Å². The quantitative estimate of drug-likeness (QED) is 0.256. The van der Waals surface area contributed by atoms with E-state index in [0.29, 0.717) is 0 Å². The van der Waals surface area contributed by atoms with Crippen molar-refractivity contribution < 1.29 is 10.2 Å². The molecule has 6 heavy (non-hydrogen) atoms. The second-order valence-electron chi connectivity index (χ2n) is 0.365. The minimum Gasteiger partial charge on any atom is -0.382 e. The topological polar surface area (TPSA) is 92.5 Å². The fourth-order valence-electron chi connectivity index (χ4n) is 0. The van der Waals surface area contributed by atoms with Crippen LogP contribution in [0.15, 0.2) is 0 Å². The van der Waals surface area contributed by atoms with Gasteiger partial charge in [-0.2, -0.15) is 0 Å². The zero-order valence-electron chi connectivity index (χ0n) is 3.46. The van der Waals surface area contributed by atoms with Crippen LogP contribution >= 0.6 is 0 Å². The number of rotatable bonds is 0. The zero-order chi connectivity index (χ0) is 5.41. The average molecular weight is 94.1 g/mol. The van der Waals surface area contributed by atoms with Crippen molar-refractivity contribution in [3.63, 3.8) is 0 Å². The maximum atomic E-state index is 7.35. The number of hydrogen-bond donors (Lipinski definition) is 4. The largest absolute Gasteiger partial charge is 0.382 e. The monoisotopic (exact) mass is 94.1 g/mol. The summed E-state index contributed by atoms with van der Waals surface area (Å²) in [6.07, 6.45) is 0. The molecule has 4 nitrogen and oxygen atoms in total. The van der Waals surface area contributed by atoms with Crippen LogP contribution in [0.5, 0.6) is 0 Å². The van der Waals surface area contributed by atoms with Crippen LogP contribution in [0.4, 0.5) is 0 Å². The van der Waals surface area contributed by atoms with E-state index >= 15 is 0 Å². The Labute approximate surface area is 36.4 Å². The maximum Gasteiger partial charge on any atom is 0.0906 e. The van der Waals surface area contributed by atoms with Crippen LogP contribution in [0.1, 0.15) is 0 Å². The van der Waals surface area contributed by atoms with Crippen molar-refractivity contribution in [2.24, 2.45) is 11.5 Å². The molecule has 0 rings (SSSR count). The van der Waals surface area contributed by atoms with E-state index in [4.69, 9.17) is 10.2 Å². The fourth-order valence-corrected chi connectivity index (χ4v) is 0. The normalized spacial score (nSPS) is 6.00. The summed E-state index contributed by atoms with van der Waals surface area (Å²) in [5, 5.41) is 14.7. The standard InChI is InChI=1S/2CH5NO/c2*2-1-3/h2*3H,1-2H2. The Bertz CT molecular complexity index is 11.5. The van der Waals surface area contributed by atoms with Gasteiger partial charge in [0.25, 0.3) is 0 Å². The first kappa shape index (κ1) is 9.28. The Balaban J connectivity index is 0. The fraction of sp³-hybridized carbons (Fsp3) is 1.00. The lowest BCUT2D eigenvalue weighted by Gasteiger charge is -1.56. The van der Waals surface area contributed by atoms with E-state index in [1.165, 1.54) is 0 Å². The van der Waals surface area contributed by atoms with Gasteiger partial charge in [0.1, 0.15) is 0 Å². The second-order valence-corrected chi connectivity index (χ2v) is 0.365. The number of nitrogens with two attached hydrogens (primary N) is 2. The van der Waals surface area contributed by atoms with E-state index in [-0.39, 0.29) is 13.5 Å². The highest BCUT2D eigenvalue weighted by molar-refractivity contribution is 3.76. The minimum atomic E-state index is -0.250. The number of aliphatic hydroxyl groups excluding tert-OH is 2. The number of hydrogen-bond acceptors (Lipinski definition) is 4. The van der Waals surface area contributed by atoms with Gasteiger partial charge in [-0.25, -0.2) is 0 Å². The molecule has 6 N–H and O–H groups in total. The molecule has 0 aliphatic rings. The molecule has 0 aromatic carbocycles. The molecular weight excluding hydrogens is 84.0 g/mol. The summed E-state index contributed by atoms with van der Waals surface area (Å²) >= 11 is 0. The van der Waals surface area contributed by atoms with Crippen molar-refractivity contribution in [2.75, 3.05) is 13.5 Å². The highest BCUT2D eigenvalue weighted by Crippen LogP contribution is 1.04. The summed E-state index contributed by atoms with van der Waals surface area (Å²) in [7, 11) is 0. The third kappa shape index (κ3) is 1210. The van der Waals surface area contributed by atoms with E-state index in [9.17, 15) is 0 Å². The molecule has 0 aromatic heterocycles. The summed E-state index contributed by atoms with van der Waals surface area (Å²) in [6.45, 7) is -0.500. The van der Waals surface area contributed by atoms with Crippen LogP contribution in [0.2, 0.25) is 0 Å². The Kier molecular flexibility index (Phi) is 32.6. The molecule has 0 aliphatic carbocycles. The van der Waals surface area contributed by atoms with Crippen molar-refractivity contribution >= 4 is 0 Å². The highest BCUT2D eigenvalue weighted by atomic mass is 16.3. The van der Waals surface area contributed by atoms with Gasteiger partial charge in [0.15, 0.2) is 0 Å². The van der Waals surface area contributed by atoms with Gasteiger partial charge in [-0.1, -0.05) is 0 Å². The molecule has 4 heteroatoms. The first-order valence-corrected chi connectivity index (χ1v) is 1.45. The SMILES string of the molecule is NCO.NCO. The Morgan fingerprint density at radius 2 is 1.00 bits per heavy atom. The first-order chi connectivity index (χ1) is 2.83. The van der Waals surface area contributed by atoms with Gasteiger partial charge in [0.05, 0.1) is 13.5 Å². The van der Waals surface area contributed by atoms with Gasteiger partial charge in [0, 0.05) is 0 Å². The molecule has 0 fully saturated rings. The molecule has 0 aliphatic heterocycles. The minimum absolute atomic E-state index is 0.250. The summed E-state index contributed by atoms with van der Waals surface area (Å²) in [5.41, 5.74) is 8.81. The predicted molar refractivity (Wildman–Crippen MR) is 22.5 cm³/mol. The van der Waals surface area contributed by atoms with Crippen molar-refractivity contribution in [1.29, 1.82) is 0 Å². The van der Waals surface area contributed by atoms with Crippen LogP contribution in [-0.4, -0.2) is 23.7 Å². The highest BCUT2D eigenvalue weighted by Gasteiger charge is 1.31. The van der Waals surface area contributed by atoms with E-state index in [1.807, 2.05) is 0 Å². The van der Waals surface area contributed by atoms with Crippen LogP contribution in [0.25, 0.3) is 0 Å². The van der Waals surface area contributed by atoms with Crippen molar-refractivity contribution in [3.8, 4) is 0 Å². The first-order valence-electron chi connectivity index (χ1n) is 1.45. The molecular formula is C2H10N2O2. The molecule has 40 valence electrons. The molecule has 0 saturated heterocycles. The van der Waals surface area contributed by atoms with Crippen LogP contribution in [-0.2, 0) is 0 Å². The molecule has 0 atom stereocenters. The third-order valence-electron chi connectivity index (χ3n) is 0. The van der Waals surface area contributed by atoms with Crippen LogP contribution in [0, 0.1) is 0 Å². The molecule has 0 saturated carbocycles. The lowest BCUT2D eigenvalue weighted by molar-refractivity contribution is 0.307. The Morgan fingerprint density at radius 3 is 1.00 bits per heavy atom. The van der Waals surface area contributed by atoms with Gasteiger partial charge in [0.2, 0.25) is 0 Å². The number of aliphatic hydroxyl groups is 2. The zero-order valence-corrected chi connectivity index (χ0v) is 3.46. The van der Waals surface area contributed by atoms with Gasteiger partial charge in [-0.3, -0.25) is 0 Å². The summed E-state index contributed by atoms with van der Waals surface area (Å²) in [6, 6.07) is 0. The predicted octanol–water partition coefficient (Wildman–Crippen LogP) is -2.21. The van der Waals surface area contributed by atoms with Crippen molar-refractivity contribution in [3.05, 3.63) is 0 Å². The molecule has 0 bridgehead atoms. The molecule has 0 aromatic rings. The van der Waals surface area contributed by atoms with E-state index in [2.05, 4.69) is 11.5 Å². The molecule has 0 spiro atoms. The molecule has 0 radical (unpaired) electrons. The smallest absolute Gasteiger partial charge is 0.0906 e. The summed E-state index contributed by atoms with van der Waals surface area (Å²) in [4.78, 5) is 0. The van der Waals surface area contributed by atoms with Crippen molar-refractivity contribution in [2.45, 2.75) is 0 Å². The van der Waals surface area contributed by atoms with Crippen LogP contribution in [0.3, 0.4) is 0 Å². The summed E-state index contributed by atoms with van der Waals surface area (Å²) in [5.74, 6) is 0. The summed E-state index contributed by atoms with van der Waals surface area (Å²) < 4.78 is 0. The Morgan fingerprint density at radius 1 is 1.00 bits per heavy atom. The van der Waals surface area contributed by atoms with Gasteiger partial charge >= 0.3 is 0 Å². The van der Waals surface area contributed by atoms with E-state index < -0.39 is 0 Å². The van der Waals surface area contributed by atoms with Crippen LogP contribution < -0.4 is 11.5 Å². The van der Waals surface area contributed by atoms with Gasteiger partial charge in [-0.15, -0.1) is 0 Å². The Hall–Kier alpha value is -0.160. The molecule has 0 heterocycles.